The van der Waals surface area contributed by atoms with Crippen molar-refractivity contribution in [1.82, 2.24) is 5.32 Å². The number of carbonyl (C=O) groups excluding carboxylic acids is 3. The van der Waals surface area contributed by atoms with E-state index in [1.165, 1.54) is 0 Å². The van der Waals surface area contributed by atoms with Crippen molar-refractivity contribution < 1.29 is 24.0 Å². The highest BCUT2D eigenvalue weighted by atomic mass is 16.5. The number of esters is 1. The molecule has 136 valence electrons. The lowest BCUT2D eigenvalue weighted by molar-refractivity contribution is -0.899. The number of likely N-dealkylation sites (tertiary alicyclic amines) is 1. The van der Waals surface area contributed by atoms with Crippen molar-refractivity contribution in [1.29, 1.82) is 0 Å². The molecule has 2 rings (SSSR count). The van der Waals surface area contributed by atoms with E-state index in [0.29, 0.717) is 30.9 Å². The van der Waals surface area contributed by atoms with Gasteiger partial charge in [-0.1, -0.05) is 6.07 Å². The highest BCUT2D eigenvalue weighted by molar-refractivity contribution is 5.97. The standard InChI is InChI=1S/C18H25N3O4/c1-3-25-18(24)14-7-5-9-21(11-14)12-16(22)20-15-8-4-6-13(10-15)17(23)19-2/h4,6,8,10,14H,3,5,7,9,11-12H2,1-2H3,(H,19,23)(H,20,22)/p+1/t14-/m0/s1. The van der Waals surface area contributed by atoms with Gasteiger partial charge in [0.25, 0.3) is 11.8 Å². The summed E-state index contributed by atoms with van der Waals surface area (Å²) in [4.78, 5) is 36.9. The van der Waals surface area contributed by atoms with Crippen LogP contribution in [-0.2, 0) is 14.3 Å². The number of hydrogen-bond acceptors (Lipinski definition) is 4. The van der Waals surface area contributed by atoms with Crippen LogP contribution in [0.5, 0.6) is 0 Å². The summed E-state index contributed by atoms with van der Waals surface area (Å²) < 4.78 is 5.09. The molecule has 1 saturated heterocycles. The van der Waals surface area contributed by atoms with Crippen LogP contribution in [0.3, 0.4) is 0 Å². The first kappa shape index (κ1) is 18.9. The van der Waals surface area contributed by atoms with Gasteiger partial charge in [-0.25, -0.2) is 0 Å². The van der Waals surface area contributed by atoms with Crippen LogP contribution in [0.25, 0.3) is 0 Å². The maximum Gasteiger partial charge on any atom is 0.314 e. The van der Waals surface area contributed by atoms with E-state index in [9.17, 15) is 14.4 Å². The maximum absolute atomic E-state index is 12.3. The normalized spacial score (nSPS) is 19.8. The van der Waals surface area contributed by atoms with Gasteiger partial charge in [-0.3, -0.25) is 14.4 Å². The van der Waals surface area contributed by atoms with Gasteiger partial charge in [0.1, 0.15) is 5.92 Å². The molecular weight excluding hydrogens is 322 g/mol. The number of piperidine rings is 1. The minimum absolute atomic E-state index is 0.131. The van der Waals surface area contributed by atoms with Crippen molar-refractivity contribution in [2.75, 3.05) is 38.6 Å². The molecule has 0 aliphatic carbocycles. The molecule has 0 radical (unpaired) electrons. The van der Waals surface area contributed by atoms with Gasteiger partial charge in [-0.2, -0.15) is 0 Å². The molecule has 1 aliphatic rings. The lowest BCUT2D eigenvalue weighted by Gasteiger charge is -2.28. The van der Waals surface area contributed by atoms with Crippen LogP contribution < -0.4 is 15.5 Å². The molecule has 2 atom stereocenters. The van der Waals surface area contributed by atoms with E-state index in [0.717, 1.165) is 24.3 Å². The van der Waals surface area contributed by atoms with E-state index in [2.05, 4.69) is 10.6 Å². The van der Waals surface area contributed by atoms with Gasteiger partial charge in [-0.15, -0.1) is 0 Å². The van der Waals surface area contributed by atoms with Crippen molar-refractivity contribution in [3.63, 3.8) is 0 Å². The quantitative estimate of drug-likeness (QED) is 0.624. The first-order chi connectivity index (χ1) is 12.0. The maximum atomic E-state index is 12.3. The number of hydrogen-bond donors (Lipinski definition) is 3. The zero-order valence-corrected chi connectivity index (χ0v) is 14.8. The number of nitrogens with one attached hydrogen (secondary N) is 3. The predicted molar refractivity (Wildman–Crippen MR) is 93.4 cm³/mol. The van der Waals surface area contributed by atoms with Crippen LogP contribution in [0.2, 0.25) is 0 Å². The third-order valence-electron chi connectivity index (χ3n) is 4.28. The van der Waals surface area contributed by atoms with Gasteiger partial charge in [0.05, 0.1) is 19.7 Å². The fraction of sp³-hybridized carbons (Fsp3) is 0.500. The summed E-state index contributed by atoms with van der Waals surface area (Å²) in [7, 11) is 1.56. The third kappa shape index (κ3) is 5.56. The minimum atomic E-state index is -0.199. The summed E-state index contributed by atoms with van der Waals surface area (Å²) in [5, 5.41) is 5.38. The third-order valence-corrected chi connectivity index (χ3v) is 4.28. The van der Waals surface area contributed by atoms with Gasteiger partial charge in [0.15, 0.2) is 6.54 Å². The Kier molecular flexibility index (Phi) is 6.94. The van der Waals surface area contributed by atoms with E-state index >= 15 is 0 Å². The molecule has 1 heterocycles. The summed E-state index contributed by atoms with van der Waals surface area (Å²) in [6.07, 6.45) is 1.72. The summed E-state index contributed by atoms with van der Waals surface area (Å²) in [5.41, 5.74) is 1.08. The second kappa shape index (κ2) is 9.17. The Bertz CT molecular complexity index is 633. The summed E-state index contributed by atoms with van der Waals surface area (Å²) in [6, 6.07) is 6.81. The average Bonchev–Trinajstić information content (AvgIpc) is 2.61. The predicted octanol–water partition coefficient (Wildman–Crippen LogP) is -0.157. The molecule has 1 aliphatic heterocycles. The minimum Gasteiger partial charge on any atom is -0.466 e. The Labute approximate surface area is 147 Å². The highest BCUT2D eigenvalue weighted by Crippen LogP contribution is 2.11. The molecular formula is C18H26N3O4+. The van der Waals surface area contributed by atoms with Gasteiger partial charge in [0.2, 0.25) is 0 Å². The van der Waals surface area contributed by atoms with Crippen molar-refractivity contribution in [2.45, 2.75) is 19.8 Å². The van der Waals surface area contributed by atoms with E-state index in [-0.39, 0.29) is 23.7 Å². The molecule has 1 fully saturated rings. The topological polar surface area (TPSA) is 88.9 Å². The van der Waals surface area contributed by atoms with Crippen molar-refractivity contribution in [3.05, 3.63) is 29.8 Å². The first-order valence-corrected chi connectivity index (χ1v) is 8.65. The average molecular weight is 348 g/mol. The van der Waals surface area contributed by atoms with Crippen LogP contribution in [0.15, 0.2) is 24.3 Å². The van der Waals surface area contributed by atoms with E-state index in [1.807, 2.05) is 0 Å². The van der Waals surface area contributed by atoms with E-state index in [1.54, 1.807) is 38.2 Å². The number of carbonyl (C=O) groups is 3. The van der Waals surface area contributed by atoms with Crippen LogP contribution in [0, 0.1) is 5.92 Å². The van der Waals surface area contributed by atoms with Crippen molar-refractivity contribution >= 4 is 23.5 Å². The van der Waals surface area contributed by atoms with Crippen molar-refractivity contribution in [3.8, 4) is 0 Å². The molecule has 3 N–H and O–H groups in total. The van der Waals surface area contributed by atoms with Gasteiger partial charge < -0.3 is 20.3 Å². The molecule has 0 saturated carbocycles. The lowest BCUT2D eigenvalue weighted by Crippen LogP contribution is -3.14. The second-order valence-electron chi connectivity index (χ2n) is 6.18. The number of rotatable bonds is 6. The number of amides is 2. The van der Waals surface area contributed by atoms with Crippen LogP contribution in [0.4, 0.5) is 5.69 Å². The fourth-order valence-electron chi connectivity index (χ4n) is 3.09. The van der Waals surface area contributed by atoms with Gasteiger partial charge in [-0.05, 0) is 38.0 Å². The Morgan fingerprint density at radius 1 is 1.32 bits per heavy atom. The molecule has 0 bridgehead atoms. The zero-order chi connectivity index (χ0) is 18.2. The number of quaternary nitrogens is 1. The molecule has 0 aromatic heterocycles. The Hall–Kier alpha value is -2.41. The Balaban J connectivity index is 1.89. The SMILES string of the molecule is CCOC(=O)[C@H]1CCC[NH+](CC(=O)Nc2cccc(C(=O)NC)c2)C1. The van der Waals surface area contributed by atoms with E-state index in [4.69, 9.17) is 4.74 Å². The summed E-state index contributed by atoms with van der Waals surface area (Å²) >= 11 is 0. The van der Waals surface area contributed by atoms with Crippen LogP contribution in [0.1, 0.15) is 30.1 Å². The number of anilines is 1. The van der Waals surface area contributed by atoms with Crippen LogP contribution in [-0.4, -0.2) is 51.1 Å². The first-order valence-electron chi connectivity index (χ1n) is 8.65. The lowest BCUT2D eigenvalue weighted by atomic mass is 9.98. The Morgan fingerprint density at radius 3 is 2.84 bits per heavy atom. The van der Waals surface area contributed by atoms with E-state index < -0.39 is 0 Å². The van der Waals surface area contributed by atoms with Gasteiger partial charge >= 0.3 is 5.97 Å². The second-order valence-corrected chi connectivity index (χ2v) is 6.18. The molecule has 7 heteroatoms. The van der Waals surface area contributed by atoms with Crippen molar-refractivity contribution in [2.24, 2.45) is 5.92 Å². The molecule has 7 nitrogen and oxygen atoms in total. The smallest absolute Gasteiger partial charge is 0.314 e. The monoisotopic (exact) mass is 348 g/mol. The highest BCUT2D eigenvalue weighted by Gasteiger charge is 2.30. The Morgan fingerprint density at radius 2 is 2.12 bits per heavy atom. The summed E-state index contributed by atoms with van der Waals surface area (Å²) in [5.74, 6) is -0.630. The van der Waals surface area contributed by atoms with Gasteiger partial charge in [0, 0.05) is 18.3 Å². The number of benzene rings is 1. The molecule has 2 amide bonds. The molecule has 1 aromatic rings. The fourth-order valence-corrected chi connectivity index (χ4v) is 3.09. The zero-order valence-electron chi connectivity index (χ0n) is 14.8. The number of ether oxygens (including phenoxy) is 1. The summed E-state index contributed by atoms with van der Waals surface area (Å²) in [6.45, 7) is 3.95. The molecule has 0 spiro atoms. The molecule has 1 unspecified atom stereocenters. The molecule has 1 aromatic carbocycles. The molecule has 25 heavy (non-hydrogen) atoms. The largest absolute Gasteiger partial charge is 0.466 e. The van der Waals surface area contributed by atoms with Crippen LogP contribution >= 0.6 is 0 Å².